The zero-order valence-electron chi connectivity index (χ0n) is 9.12. The summed E-state index contributed by atoms with van der Waals surface area (Å²) in [5.41, 5.74) is 0.329. The van der Waals surface area contributed by atoms with Crippen molar-refractivity contribution in [2.45, 2.75) is 18.6 Å². The molecule has 0 radical (unpaired) electrons. The molecule has 7 heteroatoms. The van der Waals surface area contributed by atoms with E-state index in [9.17, 15) is 23.1 Å². The van der Waals surface area contributed by atoms with E-state index in [1.807, 2.05) is 0 Å². The highest BCUT2D eigenvalue weighted by atomic mass is 79.9. The molecule has 2 atom stereocenters. The average molecular weight is 326 g/mol. The monoisotopic (exact) mass is 325 g/mol. The van der Waals surface area contributed by atoms with Crippen molar-refractivity contribution in [3.8, 4) is 0 Å². The van der Waals surface area contributed by atoms with Crippen LogP contribution in [0.4, 0.5) is 13.2 Å². The first-order chi connectivity index (χ1) is 8.45. The van der Waals surface area contributed by atoms with Crippen LogP contribution in [0.5, 0.6) is 0 Å². The second-order valence-corrected chi connectivity index (χ2v) is 4.48. The number of carbonyl (C=O) groups is 1. The van der Waals surface area contributed by atoms with E-state index in [1.165, 1.54) is 12.1 Å². The predicted octanol–water partition coefficient (Wildman–Crippen LogP) is 2.20. The van der Waals surface area contributed by atoms with Crippen LogP contribution >= 0.6 is 15.9 Å². The zero-order valence-corrected chi connectivity index (χ0v) is 10.7. The summed E-state index contributed by atoms with van der Waals surface area (Å²) >= 11 is 3.18. The van der Waals surface area contributed by atoms with E-state index in [-0.39, 0.29) is 0 Å². The Morgan fingerprint density at radius 1 is 1.33 bits per heavy atom. The van der Waals surface area contributed by atoms with Crippen molar-refractivity contribution in [2.75, 3.05) is 6.67 Å². The van der Waals surface area contributed by atoms with Gasteiger partial charge in [-0.2, -0.15) is 8.78 Å². The molecule has 1 aromatic rings. The van der Waals surface area contributed by atoms with Crippen molar-refractivity contribution in [2.24, 2.45) is 0 Å². The van der Waals surface area contributed by atoms with Gasteiger partial charge in [0.05, 0.1) is 6.04 Å². The summed E-state index contributed by atoms with van der Waals surface area (Å²) in [6.07, 6.45) is -4.62. The highest BCUT2D eigenvalue weighted by molar-refractivity contribution is 9.10. The van der Waals surface area contributed by atoms with Crippen molar-refractivity contribution in [1.82, 2.24) is 5.32 Å². The Balaban J connectivity index is 2.75. The fraction of sp³-hybridized carbons (Fsp3) is 0.364. The summed E-state index contributed by atoms with van der Waals surface area (Å²) in [6.45, 7) is -1.14. The van der Waals surface area contributed by atoms with Gasteiger partial charge in [-0.3, -0.25) is 4.79 Å². The highest BCUT2D eigenvalue weighted by Gasteiger charge is 2.26. The lowest BCUT2D eigenvalue weighted by Crippen LogP contribution is -2.43. The number of aliphatic hydroxyl groups excluding tert-OH is 1. The Bertz CT molecular complexity index is 400. The van der Waals surface area contributed by atoms with Gasteiger partial charge in [-0.15, -0.1) is 0 Å². The number of hydrogen-bond acceptors (Lipinski definition) is 2. The number of amides is 1. The molecular formula is C11H11BrF3NO2. The van der Waals surface area contributed by atoms with E-state index in [1.54, 1.807) is 17.4 Å². The van der Waals surface area contributed by atoms with Crippen molar-refractivity contribution >= 4 is 21.8 Å². The van der Waals surface area contributed by atoms with Gasteiger partial charge < -0.3 is 10.4 Å². The molecule has 0 bridgehead atoms. The fourth-order valence-electron chi connectivity index (χ4n) is 1.34. The number of aliphatic hydroxyl groups is 1. The summed E-state index contributed by atoms with van der Waals surface area (Å²) in [5, 5.41) is 11.5. The maximum atomic E-state index is 12.7. The first kappa shape index (κ1) is 15.0. The Hall–Kier alpha value is -1.08. The summed E-state index contributed by atoms with van der Waals surface area (Å²) < 4.78 is 37.5. The van der Waals surface area contributed by atoms with E-state index in [0.717, 1.165) is 4.47 Å². The third-order valence-electron chi connectivity index (χ3n) is 2.28. The first-order valence-electron chi connectivity index (χ1n) is 5.03. The molecule has 0 unspecified atom stereocenters. The standard InChI is InChI=1S/C11H11BrF3NO2/c12-7-3-1-6(2-4-7)9(17)8(5-13)16-11(18)10(14)15/h1-4,8-10,17H,5H2,(H,16,18)/t8-,9-/m1/s1. The number of benzene rings is 1. The largest absolute Gasteiger partial charge is 0.386 e. The maximum absolute atomic E-state index is 12.7. The van der Waals surface area contributed by atoms with Gasteiger partial charge in [-0.1, -0.05) is 28.1 Å². The molecule has 0 aromatic heterocycles. The van der Waals surface area contributed by atoms with Gasteiger partial charge in [0.2, 0.25) is 0 Å². The third-order valence-corrected chi connectivity index (χ3v) is 2.81. The minimum absolute atomic E-state index is 0.329. The van der Waals surface area contributed by atoms with Gasteiger partial charge in [0.25, 0.3) is 5.91 Å². The molecule has 0 saturated carbocycles. The molecule has 0 aliphatic carbocycles. The summed E-state index contributed by atoms with van der Waals surface area (Å²) in [4.78, 5) is 10.8. The highest BCUT2D eigenvalue weighted by Crippen LogP contribution is 2.20. The molecule has 0 aliphatic rings. The molecule has 100 valence electrons. The molecule has 3 nitrogen and oxygen atoms in total. The van der Waals surface area contributed by atoms with Gasteiger partial charge in [0, 0.05) is 4.47 Å². The number of carbonyl (C=O) groups excluding carboxylic acids is 1. The van der Waals surface area contributed by atoms with Crippen molar-refractivity contribution in [3.63, 3.8) is 0 Å². The van der Waals surface area contributed by atoms with E-state index >= 15 is 0 Å². The van der Waals surface area contributed by atoms with Crippen LogP contribution in [-0.4, -0.2) is 30.2 Å². The zero-order chi connectivity index (χ0) is 13.7. The van der Waals surface area contributed by atoms with Crippen LogP contribution in [0, 0.1) is 0 Å². The predicted molar refractivity (Wildman–Crippen MR) is 63.0 cm³/mol. The number of halogens is 4. The number of hydrogen-bond donors (Lipinski definition) is 2. The number of alkyl halides is 3. The topological polar surface area (TPSA) is 49.3 Å². The van der Waals surface area contributed by atoms with Crippen LogP contribution in [0.15, 0.2) is 28.7 Å². The van der Waals surface area contributed by atoms with E-state index < -0.39 is 31.2 Å². The molecule has 2 N–H and O–H groups in total. The number of nitrogens with one attached hydrogen (secondary N) is 1. The van der Waals surface area contributed by atoms with E-state index in [2.05, 4.69) is 15.9 Å². The first-order valence-corrected chi connectivity index (χ1v) is 5.83. The van der Waals surface area contributed by atoms with Crippen LogP contribution in [0.25, 0.3) is 0 Å². The quantitative estimate of drug-likeness (QED) is 0.872. The Kier molecular flexibility index (Phi) is 5.61. The second kappa shape index (κ2) is 6.75. The average Bonchev–Trinajstić information content (AvgIpc) is 2.35. The molecular weight excluding hydrogens is 315 g/mol. The van der Waals surface area contributed by atoms with Crippen LogP contribution in [0.3, 0.4) is 0 Å². The minimum Gasteiger partial charge on any atom is -0.386 e. The van der Waals surface area contributed by atoms with E-state index in [4.69, 9.17) is 0 Å². The summed E-state index contributed by atoms with van der Waals surface area (Å²) in [7, 11) is 0. The normalized spacial score (nSPS) is 14.3. The van der Waals surface area contributed by atoms with Crippen molar-refractivity contribution in [1.29, 1.82) is 0 Å². The molecule has 1 amide bonds. The Morgan fingerprint density at radius 3 is 2.33 bits per heavy atom. The van der Waals surface area contributed by atoms with Gasteiger partial charge in [-0.05, 0) is 17.7 Å². The van der Waals surface area contributed by atoms with Crippen molar-refractivity contribution in [3.05, 3.63) is 34.3 Å². The summed E-state index contributed by atoms with van der Waals surface area (Å²) in [6, 6.07) is 4.84. The molecule has 1 aromatic carbocycles. The fourth-order valence-corrected chi connectivity index (χ4v) is 1.60. The SMILES string of the molecule is O=C(N[C@H](CF)[C@H](O)c1ccc(Br)cc1)C(F)F. The Labute approximate surface area is 110 Å². The lowest BCUT2D eigenvalue weighted by Gasteiger charge is -2.21. The van der Waals surface area contributed by atoms with Gasteiger partial charge in [0.1, 0.15) is 12.8 Å². The smallest absolute Gasteiger partial charge is 0.315 e. The van der Waals surface area contributed by atoms with Crippen LogP contribution < -0.4 is 5.32 Å². The molecule has 0 heterocycles. The molecule has 18 heavy (non-hydrogen) atoms. The minimum atomic E-state index is -3.24. The van der Waals surface area contributed by atoms with Crippen LogP contribution in [0.1, 0.15) is 11.7 Å². The van der Waals surface area contributed by atoms with Gasteiger partial charge >= 0.3 is 6.43 Å². The van der Waals surface area contributed by atoms with Gasteiger partial charge in [-0.25, -0.2) is 4.39 Å². The second-order valence-electron chi connectivity index (χ2n) is 3.57. The molecule has 0 aliphatic heterocycles. The Morgan fingerprint density at radius 2 is 1.89 bits per heavy atom. The number of rotatable bonds is 5. The summed E-state index contributed by atoms with van der Waals surface area (Å²) in [5.74, 6) is -1.60. The van der Waals surface area contributed by atoms with E-state index in [0.29, 0.717) is 5.56 Å². The molecule has 1 rings (SSSR count). The molecule has 0 saturated heterocycles. The van der Waals surface area contributed by atoms with Crippen LogP contribution in [-0.2, 0) is 4.79 Å². The van der Waals surface area contributed by atoms with Crippen LogP contribution in [0.2, 0.25) is 0 Å². The molecule has 0 fully saturated rings. The van der Waals surface area contributed by atoms with Gasteiger partial charge in [0.15, 0.2) is 0 Å². The molecule has 0 spiro atoms. The lowest BCUT2D eigenvalue weighted by atomic mass is 10.0. The van der Waals surface area contributed by atoms with Crippen molar-refractivity contribution < 1.29 is 23.1 Å². The lowest BCUT2D eigenvalue weighted by molar-refractivity contribution is -0.133. The maximum Gasteiger partial charge on any atom is 0.315 e. The third kappa shape index (κ3) is 3.99.